The van der Waals surface area contributed by atoms with Crippen LogP contribution in [0.4, 0.5) is 4.39 Å². The number of hydrogen-bond donors (Lipinski definition) is 3. The molecule has 3 unspecified atom stereocenters. The van der Waals surface area contributed by atoms with E-state index in [0.717, 1.165) is 31.1 Å². The first kappa shape index (κ1) is 28.8. The van der Waals surface area contributed by atoms with E-state index in [1.807, 2.05) is 42.2 Å². The summed E-state index contributed by atoms with van der Waals surface area (Å²) < 4.78 is 14.2. The van der Waals surface area contributed by atoms with Gasteiger partial charge < -0.3 is 15.3 Å². The Hall–Kier alpha value is -2.81. The first-order valence-corrected chi connectivity index (χ1v) is 12.9. The maximum atomic E-state index is 14.2. The van der Waals surface area contributed by atoms with E-state index in [-0.39, 0.29) is 35.3 Å². The Balaban J connectivity index is 0.00000186. The first-order chi connectivity index (χ1) is 17.5. The third-order valence-corrected chi connectivity index (χ3v) is 6.76. The minimum Gasteiger partial charge on any atom is -0.400 e. The summed E-state index contributed by atoms with van der Waals surface area (Å²) in [5.74, 6) is 0.520. The maximum absolute atomic E-state index is 14.2. The topological polar surface area (TPSA) is 86.2 Å². The Morgan fingerprint density at radius 1 is 1.19 bits per heavy atom. The van der Waals surface area contributed by atoms with E-state index in [4.69, 9.17) is 14.9 Å². The molecule has 0 radical (unpaired) electrons. The molecule has 202 valence electrons. The average Bonchev–Trinajstić information content (AvgIpc) is 3.51. The van der Waals surface area contributed by atoms with Gasteiger partial charge in [0.05, 0.1) is 12.1 Å². The van der Waals surface area contributed by atoms with Gasteiger partial charge in [0.15, 0.2) is 0 Å². The van der Waals surface area contributed by atoms with Crippen molar-refractivity contribution in [3.63, 3.8) is 0 Å². The summed E-state index contributed by atoms with van der Waals surface area (Å²) in [6.45, 7) is 13.0. The van der Waals surface area contributed by atoms with Crippen LogP contribution in [-0.2, 0) is 15.4 Å². The molecule has 1 fully saturated rings. The van der Waals surface area contributed by atoms with Crippen molar-refractivity contribution >= 4 is 11.7 Å². The summed E-state index contributed by atoms with van der Waals surface area (Å²) in [7, 11) is 1.00. The normalized spacial score (nSPS) is 22.3. The zero-order chi connectivity index (χ0) is 27.4. The van der Waals surface area contributed by atoms with Gasteiger partial charge in [-0.1, -0.05) is 77.1 Å². The molecule has 1 saturated heterocycles. The summed E-state index contributed by atoms with van der Waals surface area (Å²) in [4.78, 5) is 26.4. The number of amidine groups is 1. The van der Waals surface area contributed by atoms with Crippen molar-refractivity contribution in [1.29, 1.82) is 0 Å². The standard InChI is InChI=1S/C28H37FN4O2.CH4O/c1-18(2)30-24(27(3,4)5)26(34)33-17-9-12-23(33)25-31-28(6,35-32-25)20-15-13-19(14-16-20)21-10-7-8-11-22(21)29;1-2/h7-8,10-11,13-16,18,23-24,30H,9,12,17H2,1-6H3,(H,31,32);2H,1H3. The van der Waals surface area contributed by atoms with Crippen LogP contribution in [0, 0.1) is 11.2 Å². The van der Waals surface area contributed by atoms with E-state index >= 15 is 0 Å². The fourth-order valence-electron chi connectivity index (χ4n) is 4.85. The number of rotatable bonds is 6. The summed E-state index contributed by atoms with van der Waals surface area (Å²) in [6.07, 6.45) is 1.76. The summed E-state index contributed by atoms with van der Waals surface area (Å²) in [5, 5.41) is 10.5. The molecule has 0 aliphatic carbocycles. The van der Waals surface area contributed by atoms with Gasteiger partial charge in [-0.3, -0.25) is 4.79 Å². The van der Waals surface area contributed by atoms with Crippen LogP contribution >= 0.6 is 0 Å². The molecule has 7 nitrogen and oxygen atoms in total. The van der Waals surface area contributed by atoms with Crippen LogP contribution in [-0.4, -0.2) is 53.5 Å². The highest BCUT2D eigenvalue weighted by Crippen LogP contribution is 2.34. The van der Waals surface area contributed by atoms with Crippen molar-refractivity contribution in [2.24, 2.45) is 10.4 Å². The van der Waals surface area contributed by atoms with Gasteiger partial charge >= 0.3 is 0 Å². The molecule has 3 atom stereocenters. The van der Waals surface area contributed by atoms with Gasteiger partial charge in [0.1, 0.15) is 11.7 Å². The van der Waals surface area contributed by atoms with Gasteiger partial charge in [-0.25, -0.2) is 19.7 Å². The second kappa shape index (κ2) is 11.7. The average molecular weight is 513 g/mol. The quantitative estimate of drug-likeness (QED) is 0.526. The molecule has 0 saturated carbocycles. The Kier molecular flexibility index (Phi) is 9.10. The summed E-state index contributed by atoms with van der Waals surface area (Å²) >= 11 is 0. The van der Waals surface area contributed by atoms with Crippen molar-refractivity contribution in [3.8, 4) is 11.1 Å². The molecule has 3 N–H and O–H groups in total. The van der Waals surface area contributed by atoms with Crippen molar-refractivity contribution in [2.45, 2.75) is 78.2 Å². The predicted molar refractivity (Wildman–Crippen MR) is 145 cm³/mol. The molecule has 37 heavy (non-hydrogen) atoms. The van der Waals surface area contributed by atoms with Crippen molar-refractivity contribution in [3.05, 3.63) is 59.9 Å². The van der Waals surface area contributed by atoms with E-state index in [9.17, 15) is 9.18 Å². The maximum Gasteiger partial charge on any atom is 0.240 e. The highest BCUT2D eigenvalue weighted by molar-refractivity contribution is 5.94. The van der Waals surface area contributed by atoms with E-state index in [1.54, 1.807) is 12.1 Å². The van der Waals surface area contributed by atoms with Gasteiger partial charge in [0.2, 0.25) is 11.6 Å². The van der Waals surface area contributed by atoms with Crippen molar-refractivity contribution in [1.82, 2.24) is 15.7 Å². The lowest BCUT2D eigenvalue weighted by Crippen LogP contribution is -2.57. The van der Waals surface area contributed by atoms with Crippen LogP contribution in [0.2, 0.25) is 0 Å². The second-order valence-corrected chi connectivity index (χ2v) is 11.1. The van der Waals surface area contributed by atoms with Crippen molar-refractivity contribution in [2.75, 3.05) is 13.7 Å². The summed E-state index contributed by atoms with van der Waals surface area (Å²) in [5.41, 5.74) is 4.08. The smallest absolute Gasteiger partial charge is 0.240 e. The minimum absolute atomic E-state index is 0.0982. The highest BCUT2D eigenvalue weighted by Gasteiger charge is 2.44. The third-order valence-electron chi connectivity index (χ3n) is 6.76. The lowest BCUT2D eigenvalue weighted by atomic mass is 9.85. The number of aliphatic imine (C=N–C) groups is 1. The Bertz CT molecular complexity index is 1100. The molecule has 0 aromatic heterocycles. The Labute approximate surface area is 220 Å². The molecular formula is C29H41FN4O3. The second-order valence-electron chi connectivity index (χ2n) is 11.1. The highest BCUT2D eigenvalue weighted by atomic mass is 19.1. The van der Waals surface area contributed by atoms with E-state index in [1.165, 1.54) is 6.07 Å². The van der Waals surface area contributed by atoms with Crippen LogP contribution in [0.15, 0.2) is 53.5 Å². The van der Waals surface area contributed by atoms with E-state index < -0.39 is 5.72 Å². The number of nitrogens with zero attached hydrogens (tertiary/aromatic N) is 2. The number of nitrogens with one attached hydrogen (secondary N) is 2. The molecule has 2 aliphatic heterocycles. The van der Waals surface area contributed by atoms with Gasteiger partial charge in [-0.15, -0.1) is 0 Å². The number of carbonyl (C=O) groups is 1. The number of hydroxylamine groups is 1. The number of likely N-dealkylation sites (tertiary alicyclic amines) is 1. The number of aliphatic hydroxyl groups is 1. The fourth-order valence-corrected chi connectivity index (χ4v) is 4.85. The molecule has 4 rings (SSSR count). The number of carbonyl (C=O) groups excluding carboxylic acids is 1. The van der Waals surface area contributed by atoms with Gasteiger partial charge in [-0.2, -0.15) is 0 Å². The SMILES string of the molecule is CC(C)NC(C(=O)N1CCCC1C1=NC(C)(c2ccc(-c3ccccc3F)cc2)ON1)C(C)(C)C.CO. The van der Waals surface area contributed by atoms with E-state index in [0.29, 0.717) is 17.9 Å². The molecule has 1 amide bonds. The van der Waals surface area contributed by atoms with Gasteiger partial charge in [0.25, 0.3) is 0 Å². The third kappa shape index (κ3) is 6.37. The van der Waals surface area contributed by atoms with Crippen LogP contribution < -0.4 is 10.8 Å². The molecule has 8 heteroatoms. The molecule has 0 bridgehead atoms. The number of aliphatic hydroxyl groups excluding tert-OH is 1. The van der Waals surface area contributed by atoms with Gasteiger partial charge in [0, 0.05) is 30.8 Å². The van der Waals surface area contributed by atoms with Gasteiger partial charge in [-0.05, 0) is 36.8 Å². The predicted octanol–water partition coefficient (Wildman–Crippen LogP) is 4.61. The van der Waals surface area contributed by atoms with E-state index in [2.05, 4.69) is 45.4 Å². The number of amides is 1. The zero-order valence-corrected chi connectivity index (χ0v) is 23.0. The van der Waals surface area contributed by atoms with Crippen LogP contribution in [0.5, 0.6) is 0 Å². The first-order valence-electron chi connectivity index (χ1n) is 12.9. The molecule has 2 heterocycles. The lowest BCUT2D eigenvalue weighted by molar-refractivity contribution is -0.136. The summed E-state index contributed by atoms with van der Waals surface area (Å²) in [6, 6.07) is 14.1. The largest absolute Gasteiger partial charge is 0.400 e. The Morgan fingerprint density at radius 3 is 2.43 bits per heavy atom. The monoisotopic (exact) mass is 512 g/mol. The molecule has 2 aliphatic rings. The lowest BCUT2D eigenvalue weighted by Gasteiger charge is -2.36. The molecule has 2 aromatic rings. The molecule has 2 aromatic carbocycles. The fraction of sp³-hybridized carbons (Fsp3) is 0.517. The minimum atomic E-state index is -0.931. The number of halogens is 1. The van der Waals surface area contributed by atoms with Crippen LogP contribution in [0.1, 0.15) is 59.9 Å². The number of hydrogen-bond acceptors (Lipinski definition) is 6. The zero-order valence-electron chi connectivity index (χ0n) is 23.0. The van der Waals surface area contributed by atoms with Crippen molar-refractivity contribution < 1.29 is 19.1 Å². The molecule has 0 spiro atoms. The number of benzene rings is 2. The molecular weight excluding hydrogens is 471 g/mol. The Morgan fingerprint density at radius 2 is 1.84 bits per heavy atom. The van der Waals surface area contributed by atoms with Crippen LogP contribution in [0.3, 0.4) is 0 Å². The van der Waals surface area contributed by atoms with Crippen LogP contribution in [0.25, 0.3) is 11.1 Å².